The van der Waals surface area contributed by atoms with E-state index >= 15 is 0 Å². The van der Waals surface area contributed by atoms with Crippen molar-refractivity contribution in [1.82, 2.24) is 10.3 Å². The molecule has 0 radical (unpaired) electrons. The summed E-state index contributed by atoms with van der Waals surface area (Å²) in [6.07, 6.45) is 1.04. The summed E-state index contributed by atoms with van der Waals surface area (Å²) in [5.74, 6) is -0.528. The maximum absolute atomic E-state index is 12.6. The number of carbonyl (C=O) groups excluding carboxylic acids is 1. The van der Waals surface area contributed by atoms with Crippen LogP contribution in [0.25, 0.3) is 0 Å². The van der Waals surface area contributed by atoms with Crippen LogP contribution in [0.3, 0.4) is 0 Å². The molecule has 1 aromatic heterocycles. The van der Waals surface area contributed by atoms with Crippen LogP contribution in [0.2, 0.25) is 0 Å². The molecule has 0 fully saturated rings. The minimum atomic E-state index is -0.570. The number of aromatic nitrogens is 1. The zero-order chi connectivity index (χ0) is 12.8. The highest BCUT2D eigenvalue weighted by atomic mass is 19.1. The van der Waals surface area contributed by atoms with Gasteiger partial charge < -0.3 is 10.4 Å². The summed E-state index contributed by atoms with van der Waals surface area (Å²) in [5, 5.41) is 12.1. The van der Waals surface area contributed by atoms with E-state index < -0.39 is 17.8 Å². The van der Waals surface area contributed by atoms with Crippen LogP contribution in [-0.4, -0.2) is 28.6 Å². The second-order valence-electron chi connectivity index (χ2n) is 4.36. The lowest BCUT2D eigenvalue weighted by Crippen LogP contribution is -2.33. The summed E-state index contributed by atoms with van der Waals surface area (Å²) < 4.78 is 12.6. The molecule has 0 saturated heterocycles. The smallest absolute Gasteiger partial charge is 0.269 e. The minimum Gasteiger partial charge on any atom is -0.391 e. The maximum atomic E-state index is 12.6. The highest BCUT2D eigenvalue weighted by molar-refractivity contribution is 5.92. The zero-order valence-corrected chi connectivity index (χ0v) is 9.98. The third kappa shape index (κ3) is 4.91. The fraction of sp³-hybridized carbons (Fsp3) is 0.500. The van der Waals surface area contributed by atoms with Gasteiger partial charge in [0.1, 0.15) is 11.5 Å². The van der Waals surface area contributed by atoms with Gasteiger partial charge >= 0.3 is 0 Å². The summed E-state index contributed by atoms with van der Waals surface area (Å²) in [5.41, 5.74) is 0.142. The van der Waals surface area contributed by atoms with Crippen molar-refractivity contribution < 1.29 is 14.3 Å². The maximum Gasteiger partial charge on any atom is 0.269 e. The van der Waals surface area contributed by atoms with Gasteiger partial charge in [-0.05, 0) is 24.5 Å². The van der Waals surface area contributed by atoms with E-state index in [0.29, 0.717) is 12.3 Å². The fourth-order valence-electron chi connectivity index (χ4n) is 1.44. The number of hydrogen-bond acceptors (Lipinski definition) is 3. The normalized spacial score (nSPS) is 12.5. The number of hydrogen-bond donors (Lipinski definition) is 2. The van der Waals surface area contributed by atoms with Gasteiger partial charge in [0.05, 0.1) is 12.3 Å². The predicted molar refractivity (Wildman–Crippen MR) is 62.0 cm³/mol. The molecule has 0 spiro atoms. The number of nitrogens with zero attached hydrogens (tertiary/aromatic N) is 1. The molecule has 0 saturated carbocycles. The summed E-state index contributed by atoms with van der Waals surface area (Å²) in [6.45, 7) is 4.16. The molecule has 0 aliphatic heterocycles. The van der Waals surface area contributed by atoms with Crippen molar-refractivity contribution in [3.63, 3.8) is 0 Å². The van der Waals surface area contributed by atoms with Gasteiger partial charge in [-0.2, -0.15) is 0 Å². The lowest BCUT2D eigenvalue weighted by Gasteiger charge is -2.13. The quantitative estimate of drug-likeness (QED) is 0.816. The molecule has 2 N–H and O–H groups in total. The summed E-state index contributed by atoms with van der Waals surface area (Å²) >= 11 is 0. The van der Waals surface area contributed by atoms with Gasteiger partial charge in [-0.25, -0.2) is 9.37 Å². The highest BCUT2D eigenvalue weighted by Crippen LogP contribution is 2.04. The average Bonchev–Trinajstić information content (AvgIpc) is 2.26. The Labute approximate surface area is 99.9 Å². The van der Waals surface area contributed by atoms with Crippen LogP contribution >= 0.6 is 0 Å². The fourth-order valence-corrected chi connectivity index (χ4v) is 1.44. The summed E-state index contributed by atoms with van der Waals surface area (Å²) in [4.78, 5) is 15.2. The van der Waals surface area contributed by atoms with Crippen molar-refractivity contribution in [3.05, 3.63) is 29.8 Å². The van der Waals surface area contributed by atoms with Gasteiger partial charge in [0.15, 0.2) is 0 Å². The van der Waals surface area contributed by atoms with E-state index in [4.69, 9.17) is 0 Å². The number of rotatable bonds is 5. The third-order valence-electron chi connectivity index (χ3n) is 2.20. The molecule has 0 bridgehead atoms. The molecule has 17 heavy (non-hydrogen) atoms. The van der Waals surface area contributed by atoms with Crippen molar-refractivity contribution >= 4 is 5.91 Å². The molecule has 1 heterocycles. The number of amides is 1. The average molecular weight is 240 g/mol. The van der Waals surface area contributed by atoms with Crippen LogP contribution in [0.5, 0.6) is 0 Å². The minimum absolute atomic E-state index is 0.142. The first kappa shape index (κ1) is 13.6. The van der Waals surface area contributed by atoms with Crippen LogP contribution in [0.4, 0.5) is 4.39 Å². The van der Waals surface area contributed by atoms with E-state index in [-0.39, 0.29) is 12.2 Å². The molecule has 0 aromatic carbocycles. The molecule has 1 atom stereocenters. The second kappa shape index (κ2) is 6.30. The van der Waals surface area contributed by atoms with Crippen LogP contribution in [0, 0.1) is 11.7 Å². The van der Waals surface area contributed by atoms with Crippen molar-refractivity contribution in [2.75, 3.05) is 6.54 Å². The first-order chi connectivity index (χ1) is 7.99. The Kier molecular flexibility index (Phi) is 5.03. The van der Waals surface area contributed by atoms with Crippen LogP contribution < -0.4 is 5.32 Å². The van der Waals surface area contributed by atoms with Gasteiger partial charge in [0.25, 0.3) is 5.91 Å². The Morgan fingerprint density at radius 2 is 2.24 bits per heavy atom. The van der Waals surface area contributed by atoms with Crippen LogP contribution in [0.1, 0.15) is 30.8 Å². The van der Waals surface area contributed by atoms with E-state index in [1.165, 1.54) is 12.1 Å². The summed E-state index contributed by atoms with van der Waals surface area (Å²) in [6, 6.07) is 2.48. The van der Waals surface area contributed by atoms with E-state index in [2.05, 4.69) is 10.3 Å². The molecule has 1 aromatic rings. The van der Waals surface area contributed by atoms with Crippen LogP contribution in [0.15, 0.2) is 18.3 Å². The van der Waals surface area contributed by atoms with Gasteiger partial charge in [-0.15, -0.1) is 0 Å². The van der Waals surface area contributed by atoms with Crippen LogP contribution in [-0.2, 0) is 0 Å². The lowest BCUT2D eigenvalue weighted by atomic mass is 10.1. The first-order valence-corrected chi connectivity index (χ1v) is 5.57. The standard InChI is InChI=1S/C12H17FN2O2/c1-8(2)5-10(16)7-15-12(17)11-4-3-9(13)6-14-11/h3-4,6,8,10,16H,5,7H2,1-2H3,(H,15,17). The van der Waals surface area contributed by atoms with E-state index in [1.807, 2.05) is 13.8 Å². The zero-order valence-electron chi connectivity index (χ0n) is 9.98. The largest absolute Gasteiger partial charge is 0.391 e. The number of carbonyl (C=O) groups is 1. The Hall–Kier alpha value is -1.49. The van der Waals surface area contributed by atoms with E-state index in [0.717, 1.165) is 6.20 Å². The molecular formula is C12H17FN2O2. The second-order valence-corrected chi connectivity index (χ2v) is 4.36. The SMILES string of the molecule is CC(C)CC(O)CNC(=O)c1ccc(F)cn1. The third-order valence-corrected chi connectivity index (χ3v) is 2.20. The highest BCUT2D eigenvalue weighted by Gasteiger charge is 2.11. The van der Waals surface area contributed by atoms with Crippen molar-refractivity contribution in [3.8, 4) is 0 Å². The Balaban J connectivity index is 2.42. The van der Waals surface area contributed by atoms with Gasteiger partial charge in [0.2, 0.25) is 0 Å². The summed E-state index contributed by atoms with van der Waals surface area (Å²) in [7, 11) is 0. The Bertz CT molecular complexity index is 365. The van der Waals surface area contributed by atoms with Gasteiger partial charge in [0, 0.05) is 6.54 Å². The van der Waals surface area contributed by atoms with Gasteiger partial charge in [-0.3, -0.25) is 4.79 Å². The molecule has 0 aliphatic carbocycles. The molecule has 1 rings (SSSR count). The topological polar surface area (TPSA) is 62.2 Å². The van der Waals surface area contributed by atoms with E-state index in [1.54, 1.807) is 0 Å². The van der Waals surface area contributed by atoms with Crippen molar-refractivity contribution in [2.24, 2.45) is 5.92 Å². The molecule has 4 nitrogen and oxygen atoms in total. The Morgan fingerprint density at radius 3 is 2.76 bits per heavy atom. The number of halogens is 1. The molecule has 1 unspecified atom stereocenters. The van der Waals surface area contributed by atoms with Crippen molar-refractivity contribution in [2.45, 2.75) is 26.4 Å². The van der Waals surface area contributed by atoms with Crippen molar-refractivity contribution in [1.29, 1.82) is 0 Å². The molecule has 0 aliphatic rings. The monoisotopic (exact) mass is 240 g/mol. The number of nitrogens with one attached hydrogen (secondary N) is 1. The lowest BCUT2D eigenvalue weighted by molar-refractivity contribution is 0.0895. The molecule has 5 heteroatoms. The number of aliphatic hydroxyl groups is 1. The van der Waals surface area contributed by atoms with E-state index in [9.17, 15) is 14.3 Å². The number of aliphatic hydroxyl groups excluding tert-OH is 1. The molecule has 1 amide bonds. The Morgan fingerprint density at radius 1 is 1.53 bits per heavy atom. The first-order valence-electron chi connectivity index (χ1n) is 5.57. The van der Waals surface area contributed by atoms with Gasteiger partial charge in [-0.1, -0.05) is 13.8 Å². The predicted octanol–water partition coefficient (Wildman–Crippen LogP) is 1.36. The molecular weight excluding hydrogens is 223 g/mol. The number of pyridine rings is 1. The molecule has 94 valence electrons.